The fourth-order valence-electron chi connectivity index (χ4n) is 0.909. The number of rotatable bonds is 4. The van der Waals surface area contributed by atoms with Gasteiger partial charge in [0.15, 0.2) is 0 Å². The predicted molar refractivity (Wildman–Crippen MR) is 43.8 cm³/mol. The number of carbonyl (C=O) groups excluding carboxylic acids is 1. The lowest BCUT2D eigenvalue weighted by molar-refractivity contribution is 0.542. The summed E-state index contributed by atoms with van der Waals surface area (Å²) in [4.78, 5) is 9.75. The molecule has 3 heteroatoms. The summed E-state index contributed by atoms with van der Waals surface area (Å²) in [5.74, 6) is -0.242. The molecule has 0 bridgehead atoms. The third kappa shape index (κ3) is 2.70. The molecule has 1 rings (SSSR count). The Kier molecular flexibility index (Phi) is 3.26. The van der Waals surface area contributed by atoms with Gasteiger partial charge in [-0.1, -0.05) is 12.1 Å². The Morgan fingerprint density at radius 3 is 2.58 bits per heavy atom. The zero-order valence-corrected chi connectivity index (χ0v) is 6.51. The van der Waals surface area contributed by atoms with Gasteiger partial charge in [0.1, 0.15) is 5.82 Å². The van der Waals surface area contributed by atoms with Gasteiger partial charge in [-0.15, -0.1) is 0 Å². The summed E-state index contributed by atoms with van der Waals surface area (Å²) in [7, 11) is 0. The summed E-state index contributed by atoms with van der Waals surface area (Å²) in [6.45, 7) is 0.537. The minimum absolute atomic E-state index is 0.242. The Morgan fingerprint density at radius 2 is 2.00 bits per heavy atom. The predicted octanol–water partition coefficient (Wildman–Crippen LogP) is 1.02. The summed E-state index contributed by atoms with van der Waals surface area (Å²) < 4.78 is 12.4. The largest absolute Gasteiger partial charge is 0.348 e. The van der Waals surface area contributed by atoms with Crippen LogP contribution in [-0.2, 0) is 11.2 Å². The van der Waals surface area contributed by atoms with E-state index in [9.17, 15) is 9.18 Å². The molecule has 12 heavy (non-hydrogen) atoms. The first-order valence-electron chi connectivity index (χ1n) is 3.67. The van der Waals surface area contributed by atoms with Gasteiger partial charge < -0.3 is 5.32 Å². The minimum Gasteiger partial charge on any atom is -0.348 e. The molecule has 0 saturated carbocycles. The zero-order chi connectivity index (χ0) is 8.81. The number of halogens is 1. The van der Waals surface area contributed by atoms with Crippen molar-refractivity contribution in [1.29, 1.82) is 0 Å². The number of hydrogen-bond acceptors (Lipinski definition) is 1. The first-order chi connectivity index (χ1) is 5.83. The molecular formula is C9H9FNO. The van der Waals surface area contributed by atoms with Crippen LogP contribution < -0.4 is 5.32 Å². The van der Waals surface area contributed by atoms with Gasteiger partial charge in [0.25, 0.3) is 0 Å². The van der Waals surface area contributed by atoms with Gasteiger partial charge in [0.05, 0.1) is 0 Å². The fraction of sp³-hybridized carbons (Fsp3) is 0.222. The molecule has 0 aromatic heterocycles. The maximum absolute atomic E-state index is 12.4. The van der Waals surface area contributed by atoms with Gasteiger partial charge >= 0.3 is 6.41 Å². The quantitative estimate of drug-likeness (QED) is 0.525. The first-order valence-corrected chi connectivity index (χ1v) is 3.67. The normalized spacial score (nSPS) is 9.42. The van der Waals surface area contributed by atoms with Gasteiger partial charge in [0.2, 0.25) is 0 Å². The van der Waals surface area contributed by atoms with E-state index in [-0.39, 0.29) is 5.82 Å². The zero-order valence-electron chi connectivity index (χ0n) is 6.51. The van der Waals surface area contributed by atoms with Crippen LogP contribution in [0.3, 0.4) is 0 Å². The van der Waals surface area contributed by atoms with Crippen molar-refractivity contribution in [2.75, 3.05) is 6.54 Å². The number of amides is 1. The molecule has 0 saturated heterocycles. The summed E-state index contributed by atoms with van der Waals surface area (Å²) in [5, 5.41) is 2.41. The summed E-state index contributed by atoms with van der Waals surface area (Å²) in [5.41, 5.74) is 0.999. The van der Waals surface area contributed by atoms with Crippen molar-refractivity contribution in [3.05, 3.63) is 35.6 Å². The second-order valence-electron chi connectivity index (χ2n) is 2.41. The highest BCUT2D eigenvalue weighted by Crippen LogP contribution is 2.02. The molecule has 1 radical (unpaired) electrons. The van der Waals surface area contributed by atoms with Crippen LogP contribution in [0.15, 0.2) is 24.3 Å². The van der Waals surface area contributed by atoms with Crippen LogP contribution in [0.25, 0.3) is 0 Å². The van der Waals surface area contributed by atoms with E-state index in [1.807, 2.05) is 0 Å². The van der Waals surface area contributed by atoms with Crippen LogP contribution in [0.5, 0.6) is 0 Å². The van der Waals surface area contributed by atoms with Crippen molar-refractivity contribution in [1.82, 2.24) is 5.32 Å². The van der Waals surface area contributed by atoms with E-state index >= 15 is 0 Å². The molecular weight excluding hydrogens is 157 g/mol. The molecule has 1 aromatic rings. The van der Waals surface area contributed by atoms with E-state index in [1.54, 1.807) is 18.5 Å². The van der Waals surface area contributed by atoms with E-state index in [1.165, 1.54) is 12.1 Å². The van der Waals surface area contributed by atoms with Crippen molar-refractivity contribution in [2.24, 2.45) is 0 Å². The lowest BCUT2D eigenvalue weighted by Gasteiger charge is -1.98. The Balaban J connectivity index is 2.42. The molecule has 0 aliphatic rings. The fourth-order valence-corrected chi connectivity index (χ4v) is 0.909. The molecule has 0 unspecified atom stereocenters. The van der Waals surface area contributed by atoms with Crippen molar-refractivity contribution in [3.63, 3.8) is 0 Å². The highest BCUT2D eigenvalue weighted by Gasteiger charge is 1.92. The van der Waals surface area contributed by atoms with Crippen LogP contribution in [0.4, 0.5) is 4.39 Å². The second-order valence-corrected chi connectivity index (χ2v) is 2.41. The van der Waals surface area contributed by atoms with E-state index in [0.29, 0.717) is 13.0 Å². The van der Waals surface area contributed by atoms with E-state index in [4.69, 9.17) is 0 Å². The van der Waals surface area contributed by atoms with E-state index in [2.05, 4.69) is 5.32 Å². The van der Waals surface area contributed by atoms with Gasteiger partial charge in [-0.05, 0) is 24.1 Å². The van der Waals surface area contributed by atoms with Gasteiger partial charge in [-0.25, -0.2) is 4.39 Å². The van der Waals surface area contributed by atoms with E-state index in [0.717, 1.165) is 5.56 Å². The van der Waals surface area contributed by atoms with Crippen LogP contribution in [0, 0.1) is 5.82 Å². The Hall–Kier alpha value is -1.38. The Labute approximate surface area is 70.4 Å². The first kappa shape index (κ1) is 8.71. The topological polar surface area (TPSA) is 29.1 Å². The third-order valence-electron chi connectivity index (χ3n) is 1.52. The third-order valence-corrected chi connectivity index (χ3v) is 1.52. The van der Waals surface area contributed by atoms with Crippen molar-refractivity contribution >= 4 is 6.41 Å². The SMILES string of the molecule is O=[C]NCCc1ccc(F)cc1. The van der Waals surface area contributed by atoms with Gasteiger partial charge in [-0.2, -0.15) is 0 Å². The minimum atomic E-state index is -0.242. The van der Waals surface area contributed by atoms with Crippen LogP contribution in [0.2, 0.25) is 0 Å². The van der Waals surface area contributed by atoms with Crippen LogP contribution in [0.1, 0.15) is 5.56 Å². The monoisotopic (exact) mass is 166 g/mol. The Bertz CT molecular complexity index is 245. The standard InChI is InChI=1S/C9H9FNO/c10-9-3-1-8(2-4-9)5-6-11-7-12/h1-4H,5-6H2,(H,11,12). The molecule has 1 amide bonds. The van der Waals surface area contributed by atoms with Crippen molar-refractivity contribution < 1.29 is 9.18 Å². The maximum atomic E-state index is 12.4. The molecule has 2 nitrogen and oxygen atoms in total. The Morgan fingerprint density at radius 1 is 1.33 bits per heavy atom. The molecule has 0 spiro atoms. The molecule has 0 atom stereocenters. The summed E-state index contributed by atoms with van der Waals surface area (Å²) >= 11 is 0. The average Bonchev–Trinajstić information content (AvgIpc) is 2.09. The molecule has 63 valence electrons. The second kappa shape index (κ2) is 4.49. The van der Waals surface area contributed by atoms with Crippen LogP contribution >= 0.6 is 0 Å². The van der Waals surface area contributed by atoms with Crippen molar-refractivity contribution in [2.45, 2.75) is 6.42 Å². The maximum Gasteiger partial charge on any atom is 0.309 e. The molecule has 0 aliphatic carbocycles. The van der Waals surface area contributed by atoms with Gasteiger partial charge in [-0.3, -0.25) is 4.79 Å². The highest BCUT2D eigenvalue weighted by molar-refractivity contribution is 5.46. The molecule has 0 heterocycles. The molecule has 0 fully saturated rings. The summed E-state index contributed by atoms with van der Waals surface area (Å²) in [6, 6.07) is 6.20. The smallest absolute Gasteiger partial charge is 0.309 e. The number of nitrogens with one attached hydrogen (secondary N) is 1. The molecule has 0 aliphatic heterocycles. The number of hydrogen-bond donors (Lipinski definition) is 1. The molecule has 1 aromatic carbocycles. The highest BCUT2D eigenvalue weighted by atomic mass is 19.1. The van der Waals surface area contributed by atoms with Crippen LogP contribution in [-0.4, -0.2) is 13.0 Å². The lowest BCUT2D eigenvalue weighted by atomic mass is 10.1. The van der Waals surface area contributed by atoms with Crippen molar-refractivity contribution in [3.8, 4) is 0 Å². The summed E-state index contributed by atoms with van der Waals surface area (Å²) in [6.07, 6.45) is 2.28. The lowest BCUT2D eigenvalue weighted by Crippen LogP contribution is -2.14. The van der Waals surface area contributed by atoms with E-state index < -0.39 is 0 Å². The van der Waals surface area contributed by atoms with Gasteiger partial charge in [0, 0.05) is 6.54 Å². The average molecular weight is 166 g/mol. The molecule has 1 N–H and O–H groups in total. The number of benzene rings is 1.